The Hall–Kier alpha value is -0.0600. The third-order valence-corrected chi connectivity index (χ3v) is 6.35. The number of rotatable bonds is 1. The predicted octanol–water partition coefficient (Wildman–Crippen LogP) is 3.27. The quantitative estimate of drug-likeness (QED) is 0.429. The number of halogens is 2. The second-order valence-electron chi connectivity index (χ2n) is 7.11. The Morgan fingerprint density at radius 1 is 1.33 bits per heavy atom. The van der Waals surface area contributed by atoms with Crippen molar-refractivity contribution in [2.45, 2.75) is 36.5 Å². The summed E-state index contributed by atoms with van der Waals surface area (Å²) in [7, 11) is 3.91. The zero-order valence-corrected chi connectivity index (χ0v) is 18.0. The molecule has 1 fully saturated rings. The lowest BCUT2D eigenvalue weighted by Gasteiger charge is -2.56. The summed E-state index contributed by atoms with van der Waals surface area (Å²) < 4.78 is 11.8. The lowest BCUT2D eigenvalue weighted by Crippen LogP contribution is -2.64. The smallest absolute Gasteiger partial charge is 0.165 e. The molecule has 1 aromatic rings. The van der Waals surface area contributed by atoms with Gasteiger partial charge in [-0.15, -0.1) is 0 Å². The fraction of sp³-hybridized carbons (Fsp3) is 0.556. The van der Waals surface area contributed by atoms with Crippen molar-refractivity contribution < 1.29 is 14.6 Å². The second kappa shape index (κ2) is 6.28. The Labute approximate surface area is 165 Å². The second-order valence-corrected chi connectivity index (χ2v) is 7.11. The number of likely N-dealkylation sites (tertiary alicyclic amines) is 1. The van der Waals surface area contributed by atoms with Gasteiger partial charge in [0.1, 0.15) is 12.2 Å². The molecule has 130 valence electrons. The number of likely N-dealkylation sites (N-methyl/N-ethyl adjacent to an activating group) is 1. The van der Waals surface area contributed by atoms with Crippen molar-refractivity contribution in [1.82, 2.24) is 4.90 Å². The van der Waals surface area contributed by atoms with Gasteiger partial charge >= 0.3 is 0 Å². The molecule has 0 radical (unpaired) electrons. The van der Waals surface area contributed by atoms with Gasteiger partial charge in [0.15, 0.2) is 11.5 Å². The average molecular weight is 553 g/mol. The summed E-state index contributed by atoms with van der Waals surface area (Å²) in [5.74, 6) is 2.09. The molecule has 4 aliphatic rings. The van der Waals surface area contributed by atoms with Gasteiger partial charge in [-0.25, -0.2) is 0 Å². The predicted molar refractivity (Wildman–Crippen MR) is 111 cm³/mol. The van der Waals surface area contributed by atoms with Gasteiger partial charge < -0.3 is 19.5 Å². The normalized spacial score (nSPS) is 37.9. The zero-order valence-electron chi connectivity index (χ0n) is 13.7. The largest absolute Gasteiger partial charge is 0.493 e. The molecule has 2 aliphatic heterocycles. The molecule has 1 saturated heterocycles. The lowest BCUT2D eigenvalue weighted by molar-refractivity contribution is -0.0453. The fourth-order valence-electron chi connectivity index (χ4n) is 5.39. The summed E-state index contributed by atoms with van der Waals surface area (Å²) >= 11 is 4.24. The van der Waals surface area contributed by atoms with Crippen molar-refractivity contribution in [3.8, 4) is 11.5 Å². The van der Waals surface area contributed by atoms with E-state index in [1.165, 1.54) is 11.1 Å². The van der Waals surface area contributed by atoms with E-state index in [-0.39, 0.29) is 11.5 Å². The highest BCUT2D eigenvalue weighted by Gasteiger charge is 2.64. The van der Waals surface area contributed by atoms with E-state index >= 15 is 0 Å². The summed E-state index contributed by atoms with van der Waals surface area (Å²) in [4.78, 5) is 2.47. The van der Waals surface area contributed by atoms with E-state index in [0.717, 1.165) is 30.9 Å². The molecule has 5 rings (SSSR count). The monoisotopic (exact) mass is 553 g/mol. The molecule has 1 N–H and O–H groups in total. The van der Waals surface area contributed by atoms with E-state index in [0.29, 0.717) is 12.0 Å². The topological polar surface area (TPSA) is 41.9 Å². The SMILES string of the molecule is COc1ccc2c3c1OC1C(O)C=CC4C(C2)N(C)CCC341.II. The first-order valence-corrected chi connectivity index (χ1v) is 14.5. The van der Waals surface area contributed by atoms with Crippen LogP contribution in [0.2, 0.25) is 0 Å². The molecule has 24 heavy (non-hydrogen) atoms. The number of nitrogens with zero attached hydrogens (tertiary/aromatic N) is 1. The van der Waals surface area contributed by atoms with E-state index in [1.54, 1.807) is 7.11 Å². The van der Waals surface area contributed by atoms with Crippen LogP contribution in [0.4, 0.5) is 0 Å². The molecule has 2 aliphatic carbocycles. The van der Waals surface area contributed by atoms with E-state index in [1.807, 2.05) is 12.1 Å². The molecule has 2 heterocycles. The fourth-order valence-corrected chi connectivity index (χ4v) is 5.39. The van der Waals surface area contributed by atoms with Crippen LogP contribution in [0, 0.1) is 5.92 Å². The van der Waals surface area contributed by atoms with Gasteiger partial charge in [0.25, 0.3) is 0 Å². The number of hydrogen-bond acceptors (Lipinski definition) is 4. The molecular weight excluding hydrogens is 532 g/mol. The summed E-state index contributed by atoms with van der Waals surface area (Å²) in [6.07, 6.45) is 5.54. The van der Waals surface area contributed by atoms with Gasteiger partial charge in [0, 0.05) is 60.2 Å². The number of methoxy groups -OCH3 is 1. The van der Waals surface area contributed by atoms with Crippen molar-refractivity contribution in [1.29, 1.82) is 0 Å². The van der Waals surface area contributed by atoms with Crippen molar-refractivity contribution in [3.05, 3.63) is 35.4 Å². The maximum absolute atomic E-state index is 10.6. The van der Waals surface area contributed by atoms with Gasteiger partial charge in [-0.2, -0.15) is 0 Å². The molecule has 0 amide bonds. The number of ether oxygens (including phenoxy) is 2. The maximum Gasteiger partial charge on any atom is 0.165 e. The molecule has 0 aromatic heterocycles. The van der Waals surface area contributed by atoms with Crippen molar-refractivity contribution >= 4 is 37.2 Å². The Morgan fingerprint density at radius 2 is 2.12 bits per heavy atom. The molecule has 5 unspecified atom stereocenters. The van der Waals surface area contributed by atoms with Crippen LogP contribution in [0.15, 0.2) is 24.3 Å². The van der Waals surface area contributed by atoms with Crippen LogP contribution in [0.5, 0.6) is 11.5 Å². The summed E-state index contributed by atoms with van der Waals surface area (Å²) in [6, 6.07) is 4.70. The Kier molecular flexibility index (Phi) is 4.54. The number of aliphatic hydroxyl groups excluding tert-OH is 1. The van der Waals surface area contributed by atoms with Gasteiger partial charge in [0.2, 0.25) is 0 Å². The number of hydrogen-bond donors (Lipinski definition) is 1. The van der Waals surface area contributed by atoms with Crippen LogP contribution in [-0.4, -0.2) is 49.0 Å². The number of benzene rings is 1. The van der Waals surface area contributed by atoms with Crippen molar-refractivity contribution in [2.75, 3.05) is 20.7 Å². The Bertz CT molecular complexity index is 695. The maximum atomic E-state index is 10.6. The number of aliphatic hydroxyl groups is 1. The van der Waals surface area contributed by atoms with Gasteiger partial charge in [0.05, 0.1) is 7.11 Å². The molecule has 1 aromatic carbocycles. The van der Waals surface area contributed by atoms with Crippen LogP contribution in [-0.2, 0) is 11.8 Å². The molecule has 5 atom stereocenters. The molecule has 6 heteroatoms. The van der Waals surface area contributed by atoms with E-state index in [4.69, 9.17) is 9.47 Å². The third-order valence-electron chi connectivity index (χ3n) is 6.35. The first-order valence-electron chi connectivity index (χ1n) is 8.24. The molecule has 1 spiro atoms. The first kappa shape index (κ1) is 17.4. The summed E-state index contributed by atoms with van der Waals surface area (Å²) in [5, 5.41) is 10.6. The van der Waals surface area contributed by atoms with Crippen LogP contribution < -0.4 is 9.47 Å². The Balaban J connectivity index is 0.000000704. The van der Waals surface area contributed by atoms with Crippen molar-refractivity contribution in [3.63, 3.8) is 0 Å². The first-order chi connectivity index (χ1) is 11.7. The van der Waals surface area contributed by atoms with E-state index < -0.39 is 6.10 Å². The summed E-state index contributed by atoms with van der Waals surface area (Å²) in [6.45, 7) is 1.05. The van der Waals surface area contributed by atoms with Crippen LogP contribution >= 0.6 is 37.2 Å². The third kappa shape index (κ3) is 2.08. The van der Waals surface area contributed by atoms with E-state index in [9.17, 15) is 5.11 Å². The molecule has 4 nitrogen and oxygen atoms in total. The van der Waals surface area contributed by atoms with Gasteiger partial charge in [-0.05, 0) is 38.1 Å². The summed E-state index contributed by atoms with van der Waals surface area (Å²) in [5.41, 5.74) is 2.60. The van der Waals surface area contributed by atoms with Crippen LogP contribution in [0.1, 0.15) is 17.5 Å². The minimum atomic E-state index is -0.539. The lowest BCUT2D eigenvalue weighted by atomic mass is 9.53. The zero-order chi connectivity index (χ0) is 17.1. The number of piperidine rings is 1. The molecule has 2 bridgehead atoms. The highest BCUT2D eigenvalue weighted by Crippen LogP contribution is 2.62. The van der Waals surface area contributed by atoms with Gasteiger partial charge in [-0.3, -0.25) is 0 Å². The Morgan fingerprint density at radius 3 is 2.88 bits per heavy atom. The minimum absolute atomic E-state index is 0.0806. The highest BCUT2D eigenvalue weighted by atomic mass is 128. The van der Waals surface area contributed by atoms with Gasteiger partial charge in [-0.1, -0.05) is 18.2 Å². The van der Waals surface area contributed by atoms with Crippen LogP contribution in [0.3, 0.4) is 0 Å². The molecule has 0 saturated carbocycles. The van der Waals surface area contributed by atoms with E-state index in [2.05, 4.69) is 61.3 Å². The standard InChI is InChI=1S/C18H21NO3.I2/c1-19-8-7-18-11-4-5-13(20)17(18)22-16-14(21-2)6-3-10(15(16)18)9-12(11)19;1-2/h3-6,11-13,17,20H,7-9H2,1-2H3;. The average Bonchev–Trinajstić information content (AvgIpc) is 2.97. The van der Waals surface area contributed by atoms with Crippen LogP contribution in [0.25, 0.3) is 0 Å². The molecular formula is C18H21I2NO3. The minimum Gasteiger partial charge on any atom is -0.493 e. The highest BCUT2D eigenvalue weighted by molar-refractivity contribution is 15.0. The van der Waals surface area contributed by atoms with Crippen molar-refractivity contribution in [2.24, 2.45) is 5.92 Å².